The number of amides is 1. The van der Waals surface area contributed by atoms with Crippen molar-refractivity contribution in [2.24, 2.45) is 5.73 Å². The molecule has 2 aromatic carbocycles. The molecule has 10 nitrogen and oxygen atoms in total. The predicted octanol–water partition coefficient (Wildman–Crippen LogP) is 0.339. The number of nitrogens with two attached hydrogens (primary N) is 1. The monoisotopic (exact) mass is 442 g/mol. The summed E-state index contributed by atoms with van der Waals surface area (Å²) < 4.78 is 0. The number of carbonyl (C=O) groups excluding carboxylic acids is 1. The number of aliphatic hydroxyl groups excluding tert-OH is 1. The number of fused-ring (bicyclic) bond motifs is 1. The number of aryl methyl sites for hydroxylation is 1. The predicted molar refractivity (Wildman–Crippen MR) is 120 cm³/mol. The van der Waals surface area contributed by atoms with Crippen molar-refractivity contribution in [2.75, 3.05) is 27.2 Å². The van der Waals surface area contributed by atoms with Crippen LogP contribution in [0.5, 0.6) is 0 Å². The third-order valence-corrected chi connectivity index (χ3v) is 4.63. The number of hydrogen-bond donors (Lipinski definition) is 5. The molecule has 1 amide bonds. The first-order valence-electron chi connectivity index (χ1n) is 9.82. The molecule has 6 N–H and O–H groups in total. The summed E-state index contributed by atoms with van der Waals surface area (Å²) >= 11 is 0. The van der Waals surface area contributed by atoms with Crippen LogP contribution in [0.2, 0.25) is 0 Å². The van der Waals surface area contributed by atoms with Gasteiger partial charge in [-0.25, -0.2) is 9.59 Å². The number of nitrogens with one attached hydrogen (secondary N) is 2. The molecule has 0 bridgehead atoms. The van der Waals surface area contributed by atoms with Gasteiger partial charge < -0.3 is 25.8 Å². The molecule has 32 heavy (non-hydrogen) atoms. The maximum atomic E-state index is 12.3. The Morgan fingerprint density at radius 2 is 1.75 bits per heavy atom. The van der Waals surface area contributed by atoms with Crippen LogP contribution in [0.15, 0.2) is 46.0 Å². The number of nitrogens with zero attached hydrogens (tertiary/aromatic N) is 1. The van der Waals surface area contributed by atoms with Crippen molar-refractivity contribution in [2.45, 2.75) is 12.8 Å². The lowest BCUT2D eigenvalue weighted by Crippen LogP contribution is -2.30. The molecular weight excluding hydrogens is 416 g/mol. The highest BCUT2D eigenvalue weighted by atomic mass is 16.4. The van der Waals surface area contributed by atoms with Gasteiger partial charge in [0.05, 0.1) is 6.61 Å². The summed E-state index contributed by atoms with van der Waals surface area (Å²) in [5, 5.41) is 18.7. The minimum atomic E-state index is -1.36. The smallest absolute Gasteiger partial charge is 0.352 e. The summed E-state index contributed by atoms with van der Waals surface area (Å²) in [4.78, 5) is 52.7. The molecule has 0 unspecified atom stereocenters. The van der Waals surface area contributed by atoms with E-state index >= 15 is 0 Å². The van der Waals surface area contributed by atoms with E-state index in [2.05, 4.69) is 9.97 Å². The number of rotatable bonds is 6. The van der Waals surface area contributed by atoms with Gasteiger partial charge in [-0.3, -0.25) is 14.6 Å². The maximum absolute atomic E-state index is 12.3. The van der Waals surface area contributed by atoms with Gasteiger partial charge in [0.15, 0.2) is 0 Å². The van der Waals surface area contributed by atoms with Gasteiger partial charge >= 0.3 is 11.7 Å². The third kappa shape index (κ3) is 5.90. The van der Waals surface area contributed by atoms with E-state index < -0.39 is 22.9 Å². The van der Waals surface area contributed by atoms with Crippen LogP contribution >= 0.6 is 0 Å². The Morgan fingerprint density at radius 3 is 2.34 bits per heavy atom. The third-order valence-electron chi connectivity index (χ3n) is 4.63. The molecule has 0 radical (unpaired) electrons. The summed E-state index contributed by atoms with van der Waals surface area (Å²) in [6, 6.07) is 11.1. The fraction of sp³-hybridized carbons (Fsp3) is 0.273. The molecule has 0 saturated heterocycles. The highest BCUT2D eigenvalue weighted by molar-refractivity contribution is 6.06. The average molecular weight is 442 g/mol. The number of carboxylic acid groups (broad SMARTS) is 1. The molecule has 0 aliphatic heterocycles. The molecule has 10 heteroatoms. The van der Waals surface area contributed by atoms with Gasteiger partial charge in [-0.1, -0.05) is 30.3 Å². The normalized spacial score (nSPS) is 10.4. The van der Waals surface area contributed by atoms with Crippen molar-refractivity contribution in [3.8, 4) is 0 Å². The number of aromatic amines is 2. The molecule has 0 saturated carbocycles. The standard InChI is InChI=1S/C20H19N3O5.C2H7NO/c1-23(2)18(25)14-5-3-4-12-10-11(6-8-13(12)14)7-9-15-16(19(26)27)21-20(28)22-17(15)24;3-1-2-4/h3-6,8,10H,7,9H2,1-2H3,(H,26,27)(H2,21,22,24,28);4H,1-3H2. The van der Waals surface area contributed by atoms with Crippen LogP contribution in [0.4, 0.5) is 0 Å². The van der Waals surface area contributed by atoms with Crippen LogP contribution in [0.25, 0.3) is 10.8 Å². The molecule has 170 valence electrons. The number of carbonyl (C=O) groups is 2. The second-order valence-corrected chi connectivity index (χ2v) is 7.14. The highest BCUT2D eigenvalue weighted by Crippen LogP contribution is 2.22. The van der Waals surface area contributed by atoms with Gasteiger partial charge in [0.25, 0.3) is 11.5 Å². The van der Waals surface area contributed by atoms with E-state index in [1.165, 1.54) is 4.90 Å². The average Bonchev–Trinajstić information content (AvgIpc) is 2.76. The van der Waals surface area contributed by atoms with Gasteiger partial charge in [0.2, 0.25) is 0 Å². The summed E-state index contributed by atoms with van der Waals surface area (Å²) in [6.45, 7) is 0.472. The molecule has 1 aromatic heterocycles. The highest BCUT2D eigenvalue weighted by Gasteiger charge is 2.16. The number of aromatic nitrogens is 2. The first kappa shape index (κ1) is 24.5. The Hall–Kier alpha value is -3.76. The van der Waals surface area contributed by atoms with Crippen molar-refractivity contribution >= 4 is 22.6 Å². The largest absolute Gasteiger partial charge is 0.477 e. The van der Waals surface area contributed by atoms with Gasteiger partial charge in [-0.15, -0.1) is 0 Å². The Kier molecular flexibility index (Phi) is 8.45. The van der Waals surface area contributed by atoms with E-state index in [4.69, 9.17) is 10.8 Å². The van der Waals surface area contributed by atoms with E-state index in [0.717, 1.165) is 16.3 Å². The Balaban J connectivity index is 0.000000837. The van der Waals surface area contributed by atoms with Crippen LogP contribution in [0.1, 0.15) is 32.0 Å². The number of carboxylic acids is 1. The number of H-pyrrole nitrogens is 2. The van der Waals surface area contributed by atoms with Crippen LogP contribution in [-0.4, -0.2) is 64.2 Å². The van der Waals surface area contributed by atoms with Gasteiger partial charge in [0, 0.05) is 31.8 Å². The topological polar surface area (TPSA) is 170 Å². The lowest BCUT2D eigenvalue weighted by Gasteiger charge is -2.13. The van der Waals surface area contributed by atoms with Gasteiger partial charge in [0.1, 0.15) is 5.69 Å². The molecule has 0 spiro atoms. The molecule has 3 aromatic rings. The number of benzene rings is 2. The molecule has 0 fully saturated rings. The van der Waals surface area contributed by atoms with Crippen molar-refractivity contribution in [1.82, 2.24) is 14.9 Å². The molecule has 1 heterocycles. The van der Waals surface area contributed by atoms with Gasteiger partial charge in [-0.2, -0.15) is 0 Å². The lowest BCUT2D eigenvalue weighted by molar-refractivity contribution is 0.0687. The van der Waals surface area contributed by atoms with Crippen LogP contribution in [0.3, 0.4) is 0 Å². The van der Waals surface area contributed by atoms with Crippen molar-refractivity contribution in [3.63, 3.8) is 0 Å². The Labute approximate surface area is 183 Å². The Morgan fingerprint density at radius 1 is 1.06 bits per heavy atom. The summed E-state index contributed by atoms with van der Waals surface area (Å²) in [7, 11) is 3.38. The van der Waals surface area contributed by atoms with Crippen LogP contribution in [0, 0.1) is 0 Å². The second-order valence-electron chi connectivity index (χ2n) is 7.14. The summed E-state index contributed by atoms with van der Waals surface area (Å²) in [6.07, 6.45) is 0.548. The molecule has 0 aliphatic carbocycles. The van der Waals surface area contributed by atoms with E-state index in [0.29, 0.717) is 18.5 Å². The zero-order chi connectivity index (χ0) is 23.8. The van der Waals surface area contributed by atoms with Crippen LogP contribution < -0.4 is 17.0 Å². The zero-order valence-electron chi connectivity index (χ0n) is 17.8. The minimum Gasteiger partial charge on any atom is -0.477 e. The zero-order valence-corrected chi connectivity index (χ0v) is 17.8. The van der Waals surface area contributed by atoms with E-state index in [1.807, 2.05) is 24.3 Å². The first-order valence-corrected chi connectivity index (χ1v) is 9.82. The lowest BCUT2D eigenvalue weighted by atomic mass is 9.98. The second kappa shape index (κ2) is 11.0. The quantitative estimate of drug-likeness (QED) is 0.366. The van der Waals surface area contributed by atoms with Gasteiger partial charge in [-0.05, 0) is 35.2 Å². The van der Waals surface area contributed by atoms with Crippen molar-refractivity contribution in [3.05, 3.63) is 79.6 Å². The van der Waals surface area contributed by atoms with Crippen molar-refractivity contribution in [1.29, 1.82) is 0 Å². The Bertz CT molecular complexity index is 1230. The number of aliphatic hydroxyl groups is 1. The van der Waals surface area contributed by atoms with Crippen molar-refractivity contribution < 1.29 is 19.8 Å². The SMILES string of the molecule is CN(C)C(=O)c1cccc2cc(CCc3c(C(=O)O)[nH]c(=O)[nH]c3=O)ccc12.NCCO. The fourth-order valence-electron chi connectivity index (χ4n) is 3.12. The summed E-state index contributed by atoms with van der Waals surface area (Å²) in [5.41, 5.74) is 4.32. The van der Waals surface area contributed by atoms with E-state index in [-0.39, 0.29) is 24.5 Å². The molecule has 0 aliphatic rings. The fourth-order valence-corrected chi connectivity index (χ4v) is 3.12. The first-order chi connectivity index (χ1) is 15.2. The molecular formula is C22H26N4O6. The molecule has 0 atom stereocenters. The maximum Gasteiger partial charge on any atom is 0.352 e. The van der Waals surface area contributed by atoms with E-state index in [1.54, 1.807) is 26.2 Å². The minimum absolute atomic E-state index is 0.0173. The number of hydrogen-bond acceptors (Lipinski definition) is 6. The summed E-state index contributed by atoms with van der Waals surface area (Å²) in [5.74, 6) is -1.45. The molecule has 3 rings (SSSR count). The number of aromatic carboxylic acids is 1. The van der Waals surface area contributed by atoms with Crippen LogP contribution in [-0.2, 0) is 12.8 Å². The van der Waals surface area contributed by atoms with E-state index in [9.17, 15) is 24.3 Å².